The van der Waals surface area contributed by atoms with Gasteiger partial charge in [-0.05, 0) is 0 Å². The van der Waals surface area contributed by atoms with Crippen LogP contribution in [0, 0.1) is 0 Å². The number of aromatic nitrogens is 1. The van der Waals surface area contributed by atoms with Crippen LogP contribution >= 0.6 is 0 Å². The summed E-state index contributed by atoms with van der Waals surface area (Å²) >= 11 is 0.204. The molecular formula is C17H16N3O2Se+. The van der Waals surface area contributed by atoms with Gasteiger partial charge < -0.3 is 0 Å². The van der Waals surface area contributed by atoms with Crippen molar-refractivity contribution in [3.8, 4) is 22.8 Å². The van der Waals surface area contributed by atoms with E-state index < -0.39 is 0 Å². The van der Waals surface area contributed by atoms with Crippen molar-refractivity contribution in [2.24, 2.45) is 5.10 Å². The molecule has 3 rings (SSSR count). The van der Waals surface area contributed by atoms with Crippen molar-refractivity contribution >= 4 is 25.4 Å². The third-order valence-electron chi connectivity index (χ3n) is 3.21. The van der Waals surface area contributed by atoms with E-state index in [0.29, 0.717) is 5.75 Å². The molecule has 3 N–H and O–H groups in total. The number of methoxy groups -OCH3 is 1. The third-order valence-corrected chi connectivity index (χ3v) is 4.85. The molecule has 0 aliphatic carbocycles. The second-order valence-electron chi connectivity index (χ2n) is 4.77. The Kier molecular flexibility index (Phi) is 4.76. The Bertz CT molecular complexity index is 816. The Labute approximate surface area is 140 Å². The Morgan fingerprint density at radius 2 is 2.04 bits per heavy atom. The van der Waals surface area contributed by atoms with E-state index in [1.165, 1.54) is 12.7 Å². The van der Waals surface area contributed by atoms with E-state index in [9.17, 15) is 5.11 Å². The molecule has 1 heterocycles. The molecule has 0 fully saturated rings. The zero-order valence-corrected chi connectivity index (χ0v) is 14.2. The molecular weight excluding hydrogens is 357 g/mol. The van der Waals surface area contributed by atoms with Gasteiger partial charge in [-0.2, -0.15) is 0 Å². The predicted octanol–water partition coefficient (Wildman–Crippen LogP) is 2.38. The van der Waals surface area contributed by atoms with Crippen LogP contribution in [-0.4, -0.2) is 32.9 Å². The van der Waals surface area contributed by atoms with Gasteiger partial charge in [0.05, 0.1) is 0 Å². The van der Waals surface area contributed by atoms with E-state index in [1.807, 2.05) is 18.2 Å². The zero-order chi connectivity index (χ0) is 16.1. The molecule has 0 bridgehead atoms. The summed E-state index contributed by atoms with van der Waals surface area (Å²) in [5.41, 5.74) is 6.14. The van der Waals surface area contributed by atoms with E-state index in [2.05, 4.69) is 32.6 Å². The van der Waals surface area contributed by atoms with Crippen molar-refractivity contribution in [1.29, 1.82) is 0 Å². The molecule has 0 atom stereocenters. The molecule has 0 aliphatic heterocycles. The zero-order valence-electron chi connectivity index (χ0n) is 12.5. The molecule has 5 nitrogen and oxygen atoms in total. The topological polar surface area (TPSA) is 68.0 Å². The molecule has 0 saturated heterocycles. The average Bonchev–Trinajstić information content (AvgIpc) is 3.06. The van der Waals surface area contributed by atoms with Crippen LogP contribution in [0.1, 0.15) is 5.56 Å². The first kappa shape index (κ1) is 15.3. The van der Waals surface area contributed by atoms with E-state index in [0.717, 1.165) is 15.9 Å². The van der Waals surface area contributed by atoms with Crippen molar-refractivity contribution in [2.75, 3.05) is 12.5 Å². The van der Waals surface area contributed by atoms with Crippen LogP contribution in [0.3, 0.4) is 0 Å². The van der Waals surface area contributed by atoms with Crippen molar-refractivity contribution in [3.63, 3.8) is 0 Å². The Morgan fingerprint density at radius 3 is 2.83 bits per heavy atom. The number of hydrogen-bond acceptors (Lipinski definition) is 4. The van der Waals surface area contributed by atoms with Gasteiger partial charge in [0.25, 0.3) is 0 Å². The number of nitrogens with zero attached hydrogens (tertiary/aromatic N) is 1. The van der Waals surface area contributed by atoms with E-state index in [4.69, 9.17) is 4.74 Å². The summed E-state index contributed by atoms with van der Waals surface area (Å²) in [6.07, 6.45) is 1.69. The monoisotopic (exact) mass is 374 g/mol. The normalized spacial score (nSPS) is 10.8. The fourth-order valence-electron chi connectivity index (χ4n) is 2.05. The maximum absolute atomic E-state index is 9.57. The molecule has 0 unspecified atom stereocenters. The number of hydrazone groups is 1. The molecule has 0 saturated carbocycles. The minimum atomic E-state index is 0.115. The number of H-pyrrole nitrogens is 1. The Morgan fingerprint density at radius 1 is 1.22 bits per heavy atom. The fraction of sp³-hybridized carbons (Fsp3) is 0.0588. The van der Waals surface area contributed by atoms with E-state index in [1.54, 1.807) is 24.4 Å². The summed E-state index contributed by atoms with van der Waals surface area (Å²) in [7, 11) is 1.52. The van der Waals surface area contributed by atoms with E-state index >= 15 is 0 Å². The number of benzene rings is 2. The number of anilines is 1. The number of nitrogens with one attached hydrogen (secondary N) is 2. The quantitative estimate of drug-likeness (QED) is 0.410. The number of rotatable bonds is 5. The standard InChI is InChI=1S/C17H15N3O2Se/c1-22-16-9-12(7-8-15(16)21)10-18-20-17-19-14(11-23-17)13-5-3-2-4-6-13/h2-11,21H,1H3,(H,19,20)/p+1/b18-10+. The molecule has 1 aromatic heterocycles. The molecule has 6 heteroatoms. The number of aromatic amines is 1. The van der Waals surface area contributed by atoms with Crippen LogP contribution in [-0.2, 0) is 0 Å². The fourth-order valence-corrected chi connectivity index (χ4v) is 3.53. The molecule has 0 spiro atoms. The van der Waals surface area contributed by atoms with Crippen LogP contribution < -0.4 is 15.1 Å². The van der Waals surface area contributed by atoms with E-state index in [-0.39, 0.29) is 20.3 Å². The first-order valence-corrected chi connectivity index (χ1v) is 8.83. The van der Waals surface area contributed by atoms with Gasteiger partial charge in [0, 0.05) is 0 Å². The first-order valence-electron chi connectivity index (χ1n) is 6.98. The maximum atomic E-state index is 9.57. The third kappa shape index (κ3) is 3.80. The van der Waals surface area contributed by atoms with Crippen LogP contribution in [0.5, 0.6) is 11.5 Å². The van der Waals surface area contributed by atoms with Gasteiger partial charge in [0.15, 0.2) is 0 Å². The van der Waals surface area contributed by atoms with Gasteiger partial charge in [0.2, 0.25) is 0 Å². The number of phenols is 1. The predicted molar refractivity (Wildman–Crippen MR) is 91.2 cm³/mol. The summed E-state index contributed by atoms with van der Waals surface area (Å²) in [5.74, 6) is 0.544. The number of ether oxygens (including phenoxy) is 1. The van der Waals surface area contributed by atoms with Crippen LogP contribution in [0.2, 0.25) is 0 Å². The van der Waals surface area contributed by atoms with Gasteiger partial charge >= 0.3 is 140 Å². The Hall–Kier alpha value is -2.56. The number of phenolic OH excluding ortho intramolecular Hbond substituents is 1. The van der Waals surface area contributed by atoms with Crippen LogP contribution in [0.4, 0.5) is 4.69 Å². The Balaban J connectivity index is 1.68. The summed E-state index contributed by atoms with van der Waals surface area (Å²) in [6, 6.07) is 15.3. The summed E-state index contributed by atoms with van der Waals surface area (Å²) in [6.45, 7) is 0. The van der Waals surface area contributed by atoms with Gasteiger partial charge in [-0.1, -0.05) is 0 Å². The van der Waals surface area contributed by atoms with Crippen molar-refractivity contribution in [1.82, 2.24) is 0 Å². The van der Waals surface area contributed by atoms with Crippen molar-refractivity contribution in [3.05, 3.63) is 59.0 Å². The number of hydrogen-bond donors (Lipinski definition) is 2. The number of aromatic hydroxyl groups is 1. The molecule has 116 valence electrons. The molecule has 23 heavy (non-hydrogen) atoms. The first-order chi connectivity index (χ1) is 11.3. The molecule has 2 aromatic carbocycles. The second kappa shape index (κ2) is 7.13. The summed E-state index contributed by atoms with van der Waals surface area (Å²) < 4.78 is 6.06. The molecule has 0 radical (unpaired) electrons. The van der Waals surface area contributed by atoms with Crippen molar-refractivity contribution < 1.29 is 14.8 Å². The van der Waals surface area contributed by atoms with Crippen LogP contribution in [0.25, 0.3) is 11.3 Å². The summed E-state index contributed by atoms with van der Waals surface area (Å²) in [5, 5.41) is 13.8. The van der Waals surface area contributed by atoms with Crippen molar-refractivity contribution in [2.45, 2.75) is 0 Å². The average molecular weight is 373 g/mol. The SMILES string of the molecule is COc1cc(/C=N/Nc2[nH+]c(-c3ccccc3)c[se]2)ccc1O. The second-order valence-corrected chi connectivity index (χ2v) is 6.62. The van der Waals surface area contributed by atoms with Gasteiger partial charge in [-0.25, -0.2) is 0 Å². The van der Waals surface area contributed by atoms with Gasteiger partial charge in [0.1, 0.15) is 0 Å². The molecule has 0 amide bonds. The van der Waals surface area contributed by atoms with Crippen LogP contribution in [0.15, 0.2) is 58.6 Å². The summed E-state index contributed by atoms with van der Waals surface area (Å²) in [4.78, 5) is 5.53. The molecule has 0 aliphatic rings. The molecule has 3 aromatic rings. The van der Waals surface area contributed by atoms with Gasteiger partial charge in [-0.3, -0.25) is 0 Å². The minimum absolute atomic E-state index is 0.115. The van der Waals surface area contributed by atoms with Gasteiger partial charge in [-0.15, -0.1) is 0 Å².